The van der Waals surface area contributed by atoms with E-state index in [2.05, 4.69) is 41.1 Å². The topological polar surface area (TPSA) is 67.2 Å². The fourth-order valence-corrected chi connectivity index (χ4v) is 3.88. The van der Waals surface area contributed by atoms with Crippen molar-refractivity contribution < 1.29 is 4.79 Å². The van der Waals surface area contributed by atoms with Crippen LogP contribution in [-0.4, -0.2) is 57.0 Å². The summed E-state index contributed by atoms with van der Waals surface area (Å²) in [7, 11) is 4.00. The Morgan fingerprint density at radius 2 is 1.79 bits per heavy atom. The van der Waals surface area contributed by atoms with Gasteiger partial charge in [0.05, 0.1) is 5.69 Å². The predicted molar refractivity (Wildman–Crippen MR) is 111 cm³/mol. The first-order valence-corrected chi connectivity index (χ1v) is 9.95. The molecule has 3 heterocycles. The normalized spacial score (nSPS) is 15.8. The zero-order chi connectivity index (χ0) is 20.6. The van der Waals surface area contributed by atoms with Gasteiger partial charge in [-0.25, -0.2) is 0 Å². The minimum Gasteiger partial charge on any atom is -0.355 e. The van der Waals surface area contributed by atoms with Crippen LogP contribution >= 0.6 is 0 Å². The molecule has 0 saturated carbocycles. The summed E-state index contributed by atoms with van der Waals surface area (Å²) in [5.41, 5.74) is 3.79. The largest absolute Gasteiger partial charge is 0.355 e. The lowest BCUT2D eigenvalue weighted by atomic mass is 9.92. The molecule has 3 rings (SSSR count). The van der Waals surface area contributed by atoms with E-state index in [1.54, 1.807) is 6.20 Å². The molecule has 7 nitrogen and oxygen atoms in total. The van der Waals surface area contributed by atoms with Crippen molar-refractivity contribution in [2.75, 3.05) is 25.0 Å². The van der Waals surface area contributed by atoms with Crippen molar-refractivity contribution in [1.29, 1.82) is 0 Å². The van der Waals surface area contributed by atoms with Crippen molar-refractivity contribution in [3.63, 3.8) is 0 Å². The van der Waals surface area contributed by atoms with Gasteiger partial charge in [-0.3, -0.25) is 9.48 Å². The van der Waals surface area contributed by atoms with Crippen LogP contribution in [0.3, 0.4) is 0 Å². The lowest BCUT2D eigenvalue weighted by Crippen LogP contribution is -2.49. The number of piperidine rings is 1. The number of aryl methyl sites for hydroxylation is 1. The third-order valence-corrected chi connectivity index (χ3v) is 5.84. The number of carbonyl (C=O) groups excluding carboxylic acids is 1. The highest BCUT2D eigenvalue weighted by Crippen LogP contribution is 2.30. The minimum atomic E-state index is -0.320. The van der Waals surface area contributed by atoms with Crippen LogP contribution in [0.4, 0.5) is 5.82 Å². The van der Waals surface area contributed by atoms with Gasteiger partial charge in [0.1, 0.15) is 5.69 Å². The molecule has 1 aliphatic rings. The van der Waals surface area contributed by atoms with E-state index in [1.807, 2.05) is 43.5 Å². The second-order valence-electron chi connectivity index (χ2n) is 8.85. The monoisotopic (exact) mass is 384 g/mol. The zero-order valence-electron chi connectivity index (χ0n) is 18.2. The fourth-order valence-electron chi connectivity index (χ4n) is 3.88. The first-order chi connectivity index (χ1) is 13.1. The van der Waals surface area contributed by atoms with Gasteiger partial charge in [0.2, 0.25) is 5.91 Å². The summed E-state index contributed by atoms with van der Waals surface area (Å²) in [5.74, 6) is 1.16. The molecule has 0 aliphatic carbocycles. The summed E-state index contributed by atoms with van der Waals surface area (Å²) >= 11 is 0. The number of hydrogen-bond donors (Lipinski definition) is 0. The lowest BCUT2D eigenvalue weighted by molar-refractivity contribution is -0.140. The molecule has 0 N–H and O–H groups in total. The van der Waals surface area contributed by atoms with Crippen LogP contribution in [0.2, 0.25) is 0 Å². The standard InChI is InChI=1S/C21H32N6O/c1-14-15(2)19(24-23-18(14)17-8-11-22-26(17)7)25(6)16-9-12-27(13-10-16)20(28)21(3,4)5/h8,11,16H,9-10,12-13H2,1-7H3. The summed E-state index contributed by atoms with van der Waals surface area (Å²) in [6, 6.07) is 2.32. The summed E-state index contributed by atoms with van der Waals surface area (Å²) in [6.07, 6.45) is 3.67. The summed E-state index contributed by atoms with van der Waals surface area (Å²) in [5, 5.41) is 13.3. The molecular weight excluding hydrogens is 352 g/mol. The van der Waals surface area contributed by atoms with E-state index in [9.17, 15) is 4.79 Å². The third-order valence-electron chi connectivity index (χ3n) is 5.84. The van der Waals surface area contributed by atoms with Crippen molar-refractivity contribution in [2.24, 2.45) is 12.5 Å². The molecule has 1 saturated heterocycles. The van der Waals surface area contributed by atoms with E-state index in [4.69, 9.17) is 0 Å². The summed E-state index contributed by atoms with van der Waals surface area (Å²) in [6.45, 7) is 11.7. The molecule has 1 amide bonds. The lowest BCUT2D eigenvalue weighted by Gasteiger charge is -2.39. The molecule has 0 aromatic carbocycles. The van der Waals surface area contributed by atoms with Gasteiger partial charge < -0.3 is 9.80 Å². The van der Waals surface area contributed by atoms with Gasteiger partial charge in [0.15, 0.2) is 5.82 Å². The number of carbonyl (C=O) groups is 1. The highest BCUT2D eigenvalue weighted by Gasteiger charge is 2.32. The molecular formula is C21H32N6O. The Morgan fingerprint density at radius 3 is 2.32 bits per heavy atom. The van der Waals surface area contributed by atoms with Crippen LogP contribution < -0.4 is 4.90 Å². The molecule has 1 fully saturated rings. The van der Waals surface area contributed by atoms with Crippen LogP contribution in [0.1, 0.15) is 44.7 Å². The molecule has 2 aromatic rings. The highest BCUT2D eigenvalue weighted by atomic mass is 16.2. The van der Waals surface area contributed by atoms with Crippen LogP contribution in [-0.2, 0) is 11.8 Å². The van der Waals surface area contributed by atoms with E-state index in [0.29, 0.717) is 6.04 Å². The van der Waals surface area contributed by atoms with Gasteiger partial charge in [0.25, 0.3) is 0 Å². The number of aromatic nitrogens is 4. The van der Waals surface area contributed by atoms with E-state index in [1.165, 1.54) is 0 Å². The van der Waals surface area contributed by atoms with Crippen molar-refractivity contribution in [3.8, 4) is 11.4 Å². The first-order valence-electron chi connectivity index (χ1n) is 9.95. The fraction of sp³-hybridized carbons (Fsp3) is 0.619. The minimum absolute atomic E-state index is 0.237. The van der Waals surface area contributed by atoms with E-state index in [0.717, 1.165) is 54.3 Å². The van der Waals surface area contributed by atoms with Crippen molar-refractivity contribution in [3.05, 3.63) is 23.4 Å². The van der Waals surface area contributed by atoms with Gasteiger partial charge in [-0.05, 0) is 43.9 Å². The second kappa shape index (κ2) is 7.53. The van der Waals surface area contributed by atoms with Gasteiger partial charge in [0, 0.05) is 44.8 Å². The summed E-state index contributed by atoms with van der Waals surface area (Å²) in [4.78, 5) is 16.8. The molecule has 7 heteroatoms. The van der Waals surface area contributed by atoms with Crippen molar-refractivity contribution in [1.82, 2.24) is 24.9 Å². The van der Waals surface area contributed by atoms with Crippen LogP contribution in [0.5, 0.6) is 0 Å². The van der Waals surface area contributed by atoms with Crippen molar-refractivity contribution >= 4 is 11.7 Å². The van der Waals surface area contributed by atoms with Gasteiger partial charge in [-0.1, -0.05) is 20.8 Å². The average molecular weight is 385 g/mol. The molecule has 0 unspecified atom stereocenters. The van der Waals surface area contributed by atoms with E-state index >= 15 is 0 Å². The Labute approximate surface area is 167 Å². The predicted octanol–water partition coefficient (Wildman–Crippen LogP) is 2.97. The quantitative estimate of drug-likeness (QED) is 0.814. The van der Waals surface area contributed by atoms with Gasteiger partial charge in [-0.15, -0.1) is 10.2 Å². The van der Waals surface area contributed by atoms with E-state index < -0.39 is 0 Å². The Kier molecular flexibility index (Phi) is 5.46. The first kappa shape index (κ1) is 20.3. The molecule has 28 heavy (non-hydrogen) atoms. The number of hydrogen-bond acceptors (Lipinski definition) is 5. The van der Waals surface area contributed by atoms with Crippen LogP contribution in [0, 0.1) is 19.3 Å². The Balaban J connectivity index is 1.75. The van der Waals surface area contributed by atoms with E-state index in [-0.39, 0.29) is 11.3 Å². The Morgan fingerprint density at radius 1 is 1.14 bits per heavy atom. The number of rotatable bonds is 3. The number of anilines is 1. The number of likely N-dealkylation sites (tertiary alicyclic amines) is 1. The SMILES string of the molecule is Cc1c(-c2ccnn2C)nnc(N(C)C2CCN(C(=O)C(C)(C)C)CC2)c1C. The maximum atomic E-state index is 12.5. The average Bonchev–Trinajstić information content (AvgIpc) is 3.08. The maximum Gasteiger partial charge on any atom is 0.227 e. The van der Waals surface area contributed by atoms with Gasteiger partial charge >= 0.3 is 0 Å². The van der Waals surface area contributed by atoms with Crippen molar-refractivity contribution in [2.45, 2.75) is 53.5 Å². The highest BCUT2D eigenvalue weighted by molar-refractivity contribution is 5.81. The molecule has 0 radical (unpaired) electrons. The molecule has 1 aliphatic heterocycles. The molecule has 0 atom stereocenters. The van der Waals surface area contributed by atoms with Crippen LogP contribution in [0.15, 0.2) is 12.3 Å². The zero-order valence-corrected chi connectivity index (χ0v) is 18.2. The van der Waals surface area contributed by atoms with Crippen LogP contribution in [0.25, 0.3) is 11.4 Å². The Hall–Kier alpha value is -2.44. The molecule has 152 valence electrons. The molecule has 0 spiro atoms. The molecule has 0 bridgehead atoms. The van der Waals surface area contributed by atoms with Gasteiger partial charge in [-0.2, -0.15) is 5.10 Å². The number of nitrogens with zero attached hydrogens (tertiary/aromatic N) is 6. The second-order valence-corrected chi connectivity index (χ2v) is 8.85. The molecule has 2 aromatic heterocycles. The maximum absolute atomic E-state index is 12.5. The third kappa shape index (κ3) is 3.75. The summed E-state index contributed by atoms with van der Waals surface area (Å²) < 4.78 is 1.82. The number of amides is 1. The Bertz CT molecular complexity index is 858. The smallest absolute Gasteiger partial charge is 0.227 e.